The lowest BCUT2D eigenvalue weighted by molar-refractivity contribution is 0.707. The first-order valence-corrected chi connectivity index (χ1v) is 72.0. The summed E-state index contributed by atoms with van der Waals surface area (Å²) >= 11 is 71.7. The molecule has 650 valence electrons. The fourth-order valence-electron chi connectivity index (χ4n) is 12.8. The van der Waals surface area contributed by atoms with Crippen LogP contribution in [0.1, 0.15) is 271 Å². The summed E-state index contributed by atoms with van der Waals surface area (Å²) < 4.78 is 35.6. The third-order valence-corrected chi connectivity index (χ3v) is 71.8. The summed E-state index contributed by atoms with van der Waals surface area (Å²) in [5.41, 5.74) is 2.97. The third kappa shape index (κ3) is 31.7. The Kier molecular flexibility index (Phi) is 49.9. The predicted molar refractivity (Wildman–Crippen MR) is 616 cm³/mol. The van der Waals surface area contributed by atoms with Gasteiger partial charge in [-0.2, -0.15) is 0 Å². The highest BCUT2D eigenvalue weighted by atomic mass is 32.3. The number of allylic oxidation sites excluding steroid dienone is 4. The molecular weight excluding hydrogens is 2070 g/mol. The molecule has 1 aromatic rings. The van der Waals surface area contributed by atoms with Crippen molar-refractivity contribution in [2.45, 2.75) is 298 Å². The van der Waals surface area contributed by atoms with Gasteiger partial charge in [0, 0.05) is 29.4 Å². The van der Waals surface area contributed by atoms with Crippen molar-refractivity contribution in [3.05, 3.63) is 119 Å². The molecule has 12 aliphatic heterocycles. The molecule has 0 radical (unpaired) electrons. The molecule has 8 unspecified atom stereocenters. The smallest absolute Gasteiger partial charge is 0.0825 e. The zero-order chi connectivity index (χ0) is 80.9. The lowest BCUT2D eigenvalue weighted by Gasteiger charge is -2.11. The summed E-state index contributed by atoms with van der Waals surface area (Å²) in [5.74, 6) is 9.98. The van der Waals surface area contributed by atoms with E-state index in [1.54, 1.807) is 76.3 Å². The average molecular weight is 2180 g/mol. The highest BCUT2D eigenvalue weighted by Gasteiger charge is 2.49. The quantitative estimate of drug-likeness (QED) is 0.0568. The van der Waals surface area contributed by atoms with Gasteiger partial charge in [-0.1, -0.05) is 304 Å². The highest BCUT2D eigenvalue weighted by molar-refractivity contribution is 8.50. The van der Waals surface area contributed by atoms with E-state index in [2.05, 4.69) is 467 Å². The minimum absolute atomic E-state index is 0.494. The van der Waals surface area contributed by atoms with Crippen LogP contribution in [0, 0.1) is 0 Å². The number of rotatable bonds is 52. The maximum absolute atomic E-state index is 2.72. The van der Waals surface area contributed by atoms with Crippen LogP contribution in [0.2, 0.25) is 0 Å². The van der Waals surface area contributed by atoms with E-state index < -0.39 is 0 Å². The van der Waals surface area contributed by atoms with Crippen LogP contribution in [-0.4, -0.2) is 82.7 Å². The van der Waals surface area contributed by atoms with E-state index in [1.165, 1.54) is 281 Å². The van der Waals surface area contributed by atoms with Gasteiger partial charge in [-0.3, -0.25) is 0 Å². The summed E-state index contributed by atoms with van der Waals surface area (Å²) in [6, 6.07) is 5.15. The van der Waals surface area contributed by atoms with Crippen molar-refractivity contribution in [2.75, 3.05) is 46.0 Å². The van der Waals surface area contributed by atoms with Gasteiger partial charge >= 0.3 is 0 Å². The molecule has 8 atom stereocenters. The van der Waals surface area contributed by atoms with Gasteiger partial charge in [0.1, 0.15) is 0 Å². The Hall–Kier alpha value is 7.78. The Labute approximate surface area is 848 Å². The lowest BCUT2D eigenvalue weighted by atomic mass is 10.2. The summed E-state index contributed by atoms with van der Waals surface area (Å²) in [4.78, 5) is 2.90. The highest BCUT2D eigenvalue weighted by Crippen LogP contribution is 2.76. The molecule has 0 nitrogen and oxygen atoms in total. The van der Waals surface area contributed by atoms with Crippen molar-refractivity contribution in [1.29, 1.82) is 0 Å². The number of thioether (sulfide) groups is 32. The van der Waals surface area contributed by atoms with Gasteiger partial charge in [0.2, 0.25) is 0 Å². The minimum Gasteiger partial charge on any atom is -0.135 e. The predicted octanol–water partition coefficient (Wildman–Crippen LogP) is 42.7. The van der Waals surface area contributed by atoms with Crippen LogP contribution in [-0.2, 0) is 0 Å². The molecule has 0 amide bonds. The Morgan fingerprint density at radius 2 is 0.402 bits per heavy atom. The molecule has 0 saturated carbocycles. The van der Waals surface area contributed by atoms with Crippen LogP contribution in [0.25, 0.3) is 11.1 Å². The van der Waals surface area contributed by atoms with E-state index in [-0.39, 0.29) is 0 Å². The topological polar surface area (TPSA) is 0 Å². The third-order valence-electron chi connectivity index (χ3n) is 19.3. The minimum atomic E-state index is 0.494. The van der Waals surface area contributed by atoms with Crippen LogP contribution in [0.4, 0.5) is 0 Å². The van der Waals surface area contributed by atoms with Gasteiger partial charge in [-0.15, -0.1) is 294 Å². The number of hydrogen-bond donors (Lipinski definition) is 0. The SMILES string of the molecule is CCCCCCSC1=C(SCCCCCC)SC(=C2SC3SC(=CC(=C4SC5SC(=C6SC(SCCCCCC)=C(SCCCCCC)S6)SC5S4)c4ccc(C(C=C5SC6SC(=C7SC(SCCCCCC)=C(SCCCCCC)S7)SC6S5)=C5SC6SC(=C7SC(SCCCCCC)=C(SCCCCCC)S7)SC6S5)s4)SC3S2)S1. The first kappa shape index (κ1) is 102. The summed E-state index contributed by atoms with van der Waals surface area (Å²) in [6.45, 7) is 18.7. The standard InChI is InChI=1S/C84H116S33/c1-9-17-25-33-43-85-61-62(86-44-34-26-18-10-2)103-77(102-61)81-110-69-70(111-81)95-57(94-69)51-53(59-98-73-74(99-59)115-83(114-73)79-106-65(89-47-37-29-21-13-5)66(107-79)90-48-38-30-22-14-6)55-41-42-56(93-55)54(60-100-75-76(101-60)117-84(116-75)80-108-67(91-49-39-31-23-15-7)68(109-80)92-50-40-32-24-16-8)52-58-96-71-72(97-58)113-82(112-71)78-104-63(87-45-35-27-19-11-3)64(105-78)88-46-36-28-20-12-4/h41-42,51-52,69-76H,9-40,43-50H2,1-8H3. The first-order valence-electron chi connectivity index (χ1n) is 42.7. The monoisotopic (exact) mass is 2180 g/mol. The molecule has 0 spiro atoms. The van der Waals surface area contributed by atoms with E-state index in [0.717, 1.165) is 0 Å². The molecule has 8 saturated heterocycles. The molecule has 8 fully saturated rings. The lowest BCUT2D eigenvalue weighted by Crippen LogP contribution is -1.97. The van der Waals surface area contributed by atoms with Crippen molar-refractivity contribution in [1.82, 2.24) is 0 Å². The van der Waals surface area contributed by atoms with Crippen LogP contribution in [0.5, 0.6) is 0 Å². The maximum atomic E-state index is 2.72. The fourth-order valence-corrected chi connectivity index (χ4v) is 70.1. The zero-order valence-electron chi connectivity index (χ0n) is 68.7. The normalized spacial score (nSPS) is 24.5. The number of unbranched alkanes of at least 4 members (excludes halogenated alkanes) is 24. The largest absolute Gasteiger partial charge is 0.135 e. The summed E-state index contributed by atoms with van der Waals surface area (Å²) in [5, 5.41) is 0. The molecule has 33 heteroatoms. The molecule has 0 N–H and O–H groups in total. The molecule has 12 aliphatic rings. The van der Waals surface area contributed by atoms with E-state index in [4.69, 9.17) is 0 Å². The molecule has 0 aliphatic carbocycles. The molecule has 1 aromatic heterocycles. The fraction of sp³-hybridized carbons (Fsp3) is 0.667. The Bertz CT molecular complexity index is 3390. The van der Waals surface area contributed by atoms with Crippen molar-refractivity contribution in [3.8, 4) is 0 Å². The zero-order valence-corrected chi connectivity index (χ0v) is 95.6. The van der Waals surface area contributed by atoms with Gasteiger partial charge in [0.05, 0.1) is 113 Å². The second-order valence-electron chi connectivity index (χ2n) is 29.0. The second kappa shape index (κ2) is 57.1. The average Bonchev–Trinajstić information content (AvgIpc) is 1.62. The summed E-state index contributed by atoms with van der Waals surface area (Å²) in [6.07, 6.45) is 48.2. The van der Waals surface area contributed by atoms with E-state index >= 15 is 0 Å². The van der Waals surface area contributed by atoms with E-state index in [0.29, 0.717) is 36.7 Å². The Morgan fingerprint density at radius 3 is 0.581 bits per heavy atom. The van der Waals surface area contributed by atoms with Crippen molar-refractivity contribution in [2.24, 2.45) is 0 Å². The summed E-state index contributed by atoms with van der Waals surface area (Å²) in [7, 11) is 0. The first-order chi connectivity index (χ1) is 57.6. The van der Waals surface area contributed by atoms with Crippen LogP contribution in [0.3, 0.4) is 0 Å². The molecule has 0 aromatic carbocycles. The van der Waals surface area contributed by atoms with Gasteiger partial charge < -0.3 is 0 Å². The molecular formula is C84H116S33. The second-order valence-corrected chi connectivity index (χ2v) is 73.2. The maximum Gasteiger partial charge on any atom is 0.0825 e. The Balaban J connectivity index is 0.776. The van der Waals surface area contributed by atoms with Crippen LogP contribution in [0.15, 0.2) is 109 Å². The van der Waals surface area contributed by atoms with E-state index in [9.17, 15) is 0 Å². The van der Waals surface area contributed by atoms with Crippen LogP contribution < -0.4 is 0 Å². The number of thiophene rings is 1. The number of hydrogen-bond acceptors (Lipinski definition) is 33. The van der Waals surface area contributed by atoms with Gasteiger partial charge in [0.25, 0.3) is 0 Å². The molecule has 13 rings (SSSR count). The van der Waals surface area contributed by atoms with E-state index in [1.807, 2.05) is 0 Å². The van der Waals surface area contributed by atoms with Gasteiger partial charge in [0.15, 0.2) is 0 Å². The van der Waals surface area contributed by atoms with Crippen molar-refractivity contribution < 1.29 is 0 Å². The van der Waals surface area contributed by atoms with Gasteiger partial charge in [-0.05, 0) is 122 Å². The van der Waals surface area contributed by atoms with Crippen LogP contribution >= 0.6 is 388 Å². The van der Waals surface area contributed by atoms with Crippen molar-refractivity contribution >= 4 is 399 Å². The molecule has 0 bridgehead atoms. The Morgan fingerprint density at radius 1 is 0.222 bits per heavy atom. The van der Waals surface area contributed by atoms with Gasteiger partial charge in [-0.25, -0.2) is 0 Å². The molecule has 13 heterocycles. The number of fused-ring (bicyclic) bond motifs is 4. The molecule has 117 heavy (non-hydrogen) atoms. The van der Waals surface area contributed by atoms with Crippen molar-refractivity contribution in [3.63, 3.8) is 0 Å².